The van der Waals surface area contributed by atoms with Gasteiger partial charge in [-0.1, -0.05) is 37.1 Å². The van der Waals surface area contributed by atoms with Crippen LogP contribution >= 0.6 is 0 Å². The van der Waals surface area contributed by atoms with Crippen LogP contribution in [-0.2, 0) is 5.41 Å². The molecule has 0 saturated heterocycles. The highest BCUT2D eigenvalue weighted by molar-refractivity contribution is 5.81. The summed E-state index contributed by atoms with van der Waals surface area (Å²) in [5.41, 5.74) is 6.38. The zero-order chi connectivity index (χ0) is 13.9. The van der Waals surface area contributed by atoms with Gasteiger partial charge in [-0.05, 0) is 84.0 Å². The second-order valence-electron chi connectivity index (χ2n) is 7.07. The van der Waals surface area contributed by atoms with Crippen LogP contribution in [0, 0.1) is 24.0 Å². The number of hydrogen-bond acceptors (Lipinski definition) is 0. The van der Waals surface area contributed by atoms with E-state index in [1.54, 1.807) is 11.1 Å². The highest BCUT2D eigenvalue weighted by Gasteiger charge is 2.55. The molecular formula is C21H20. The second-order valence-corrected chi connectivity index (χ2v) is 7.07. The Morgan fingerprint density at radius 1 is 0.762 bits per heavy atom. The Morgan fingerprint density at radius 2 is 1.24 bits per heavy atom. The first-order chi connectivity index (χ1) is 10.4. The van der Waals surface area contributed by atoms with Gasteiger partial charge in [-0.3, -0.25) is 0 Å². The molecular weight excluding hydrogens is 252 g/mol. The summed E-state index contributed by atoms with van der Waals surface area (Å²) in [6.07, 6.45) is 8.46. The van der Waals surface area contributed by atoms with Crippen LogP contribution in [-0.4, -0.2) is 0 Å². The molecule has 0 N–H and O–H groups in total. The van der Waals surface area contributed by atoms with Crippen molar-refractivity contribution >= 4 is 0 Å². The fourth-order valence-electron chi connectivity index (χ4n) is 5.79. The van der Waals surface area contributed by atoms with Crippen molar-refractivity contribution in [1.82, 2.24) is 0 Å². The number of fused-ring (bicyclic) bond motifs is 3. The van der Waals surface area contributed by atoms with Crippen LogP contribution in [0.15, 0.2) is 36.4 Å². The van der Waals surface area contributed by atoms with Gasteiger partial charge in [-0.15, -0.1) is 0 Å². The Kier molecular flexibility index (Phi) is 2.42. The molecule has 5 rings (SSSR count). The van der Waals surface area contributed by atoms with Crippen molar-refractivity contribution < 1.29 is 0 Å². The minimum atomic E-state index is 0.288. The maximum atomic E-state index is 3.38. The lowest BCUT2D eigenvalue weighted by Crippen LogP contribution is -2.47. The molecule has 2 bridgehead atoms. The Bertz CT molecular complexity index is 627. The average Bonchev–Trinajstić information content (AvgIpc) is 2.80. The summed E-state index contributed by atoms with van der Waals surface area (Å²) < 4.78 is 0. The van der Waals surface area contributed by atoms with E-state index < -0.39 is 0 Å². The topological polar surface area (TPSA) is 0 Å². The zero-order valence-electron chi connectivity index (χ0n) is 12.4. The quantitative estimate of drug-likeness (QED) is 0.622. The van der Waals surface area contributed by atoms with Gasteiger partial charge in [0.1, 0.15) is 0 Å². The van der Waals surface area contributed by atoms with Gasteiger partial charge < -0.3 is 0 Å². The van der Waals surface area contributed by atoms with Crippen LogP contribution in [0.4, 0.5) is 0 Å². The van der Waals surface area contributed by atoms with E-state index in [4.69, 9.17) is 0 Å². The third-order valence-corrected chi connectivity index (χ3v) is 6.41. The Balaban J connectivity index is 1.87. The van der Waals surface area contributed by atoms with Crippen molar-refractivity contribution in [3.63, 3.8) is 0 Å². The summed E-state index contributed by atoms with van der Waals surface area (Å²) in [5, 5.41) is 0. The molecule has 0 aliphatic heterocycles. The number of hydrogen-bond donors (Lipinski definition) is 0. The first kappa shape index (κ1) is 12.0. The van der Waals surface area contributed by atoms with E-state index in [1.807, 2.05) is 0 Å². The fraction of sp³-hybridized carbons (Fsp3) is 0.429. The molecule has 0 heterocycles. The van der Waals surface area contributed by atoms with Gasteiger partial charge in [-0.2, -0.15) is 0 Å². The first-order valence-electron chi connectivity index (χ1n) is 8.44. The van der Waals surface area contributed by atoms with Crippen molar-refractivity contribution in [2.24, 2.45) is 11.8 Å². The third-order valence-electron chi connectivity index (χ3n) is 6.41. The molecule has 0 nitrogen and oxygen atoms in total. The van der Waals surface area contributed by atoms with Gasteiger partial charge in [0, 0.05) is 5.41 Å². The summed E-state index contributed by atoms with van der Waals surface area (Å²) in [6.45, 7) is 0. The maximum Gasteiger partial charge on any atom is 0.0271 e. The van der Waals surface area contributed by atoms with Crippen LogP contribution in [0.1, 0.15) is 49.7 Å². The molecule has 21 heavy (non-hydrogen) atoms. The van der Waals surface area contributed by atoms with Crippen molar-refractivity contribution in [3.05, 3.63) is 59.7 Å². The standard InChI is InChI=1S/C21H20/c1-3-13-19-17(11-1)18-12-2-4-14-20(18)21(19)15-7-5-8-16(21)10-6-9-15/h1-2,11-16H,5-10H2. The SMILES string of the molecule is [c]1ccc2c(c1)C1(c3c[c]ccc3-2)C2CCCC1CCC2. The molecule has 3 aliphatic rings. The highest BCUT2D eigenvalue weighted by Crippen LogP contribution is 2.63. The Morgan fingerprint density at radius 3 is 1.71 bits per heavy atom. The maximum absolute atomic E-state index is 3.38. The number of benzene rings is 2. The van der Waals surface area contributed by atoms with E-state index in [-0.39, 0.29) is 5.41 Å². The minimum absolute atomic E-state index is 0.288. The van der Waals surface area contributed by atoms with Crippen LogP contribution in [0.25, 0.3) is 11.1 Å². The van der Waals surface area contributed by atoms with E-state index in [1.165, 1.54) is 49.7 Å². The average molecular weight is 272 g/mol. The Hall–Kier alpha value is -1.56. The molecule has 2 fully saturated rings. The van der Waals surface area contributed by atoms with Gasteiger partial charge in [-0.25, -0.2) is 0 Å². The van der Waals surface area contributed by atoms with Gasteiger partial charge >= 0.3 is 0 Å². The molecule has 2 aromatic carbocycles. The van der Waals surface area contributed by atoms with Crippen molar-refractivity contribution in [1.29, 1.82) is 0 Å². The summed E-state index contributed by atoms with van der Waals surface area (Å²) in [5.74, 6) is 1.66. The van der Waals surface area contributed by atoms with Gasteiger partial charge in [0.05, 0.1) is 0 Å². The Labute approximate surface area is 127 Å². The lowest BCUT2D eigenvalue weighted by molar-refractivity contribution is 0.0872. The number of rotatable bonds is 0. The summed E-state index contributed by atoms with van der Waals surface area (Å²) in [7, 11) is 0. The summed E-state index contributed by atoms with van der Waals surface area (Å²) in [6, 6.07) is 20.1. The van der Waals surface area contributed by atoms with E-state index in [2.05, 4.69) is 48.5 Å². The van der Waals surface area contributed by atoms with Crippen LogP contribution in [0.3, 0.4) is 0 Å². The third kappa shape index (κ3) is 1.36. The predicted octanol–water partition coefficient (Wildman–Crippen LogP) is 5.15. The molecule has 2 saturated carbocycles. The minimum Gasteiger partial charge on any atom is -0.0537 e. The predicted molar refractivity (Wildman–Crippen MR) is 85.0 cm³/mol. The molecule has 1 spiro atoms. The van der Waals surface area contributed by atoms with Crippen LogP contribution in [0.5, 0.6) is 0 Å². The first-order valence-corrected chi connectivity index (χ1v) is 8.44. The molecule has 2 radical (unpaired) electrons. The van der Waals surface area contributed by atoms with Crippen molar-refractivity contribution in [2.45, 2.75) is 43.9 Å². The molecule has 0 atom stereocenters. The van der Waals surface area contributed by atoms with Gasteiger partial charge in [0.15, 0.2) is 0 Å². The molecule has 0 unspecified atom stereocenters. The molecule has 3 aliphatic carbocycles. The molecule has 0 aromatic heterocycles. The lowest BCUT2D eigenvalue weighted by Gasteiger charge is -2.52. The fourth-order valence-corrected chi connectivity index (χ4v) is 5.79. The summed E-state index contributed by atoms with van der Waals surface area (Å²) >= 11 is 0. The van der Waals surface area contributed by atoms with E-state index in [0.717, 1.165) is 11.8 Å². The lowest BCUT2D eigenvalue weighted by atomic mass is 9.51. The molecule has 0 heteroatoms. The molecule has 2 aromatic rings. The normalized spacial score (nSPS) is 28.2. The van der Waals surface area contributed by atoms with Crippen LogP contribution < -0.4 is 0 Å². The zero-order valence-corrected chi connectivity index (χ0v) is 12.4. The summed E-state index contributed by atoms with van der Waals surface area (Å²) in [4.78, 5) is 0. The molecule has 0 amide bonds. The van der Waals surface area contributed by atoms with Crippen molar-refractivity contribution in [3.8, 4) is 11.1 Å². The molecule has 104 valence electrons. The monoisotopic (exact) mass is 272 g/mol. The van der Waals surface area contributed by atoms with E-state index in [0.29, 0.717) is 0 Å². The van der Waals surface area contributed by atoms with Gasteiger partial charge in [0.2, 0.25) is 0 Å². The van der Waals surface area contributed by atoms with Crippen LogP contribution in [0.2, 0.25) is 0 Å². The van der Waals surface area contributed by atoms with Crippen molar-refractivity contribution in [2.75, 3.05) is 0 Å². The second kappa shape index (κ2) is 4.22. The largest absolute Gasteiger partial charge is 0.0537 e. The van der Waals surface area contributed by atoms with E-state index in [9.17, 15) is 0 Å². The highest BCUT2D eigenvalue weighted by atomic mass is 14.6. The smallest absolute Gasteiger partial charge is 0.0271 e. The van der Waals surface area contributed by atoms with E-state index >= 15 is 0 Å². The van der Waals surface area contributed by atoms with Gasteiger partial charge in [0.25, 0.3) is 0 Å².